The molecule has 0 spiro atoms. The minimum atomic E-state index is -4.76. The number of carbonyl (C=O) groups excluding carboxylic acids is 1. The van der Waals surface area contributed by atoms with E-state index in [4.69, 9.17) is 28.0 Å². The summed E-state index contributed by atoms with van der Waals surface area (Å²) in [6.07, 6.45) is -5.32. The van der Waals surface area contributed by atoms with E-state index in [1.54, 1.807) is 13.0 Å². The van der Waals surface area contributed by atoms with Gasteiger partial charge in [0.05, 0.1) is 16.2 Å². The molecule has 2 heterocycles. The van der Waals surface area contributed by atoms with Crippen LogP contribution in [-0.2, 0) is 10.4 Å². The van der Waals surface area contributed by atoms with E-state index in [1.165, 1.54) is 13.1 Å². The quantitative estimate of drug-likeness (QED) is 0.708. The lowest BCUT2D eigenvalue weighted by Gasteiger charge is -2.29. The van der Waals surface area contributed by atoms with Crippen LogP contribution in [-0.4, -0.2) is 24.8 Å². The number of thiophene rings is 1. The third-order valence-electron chi connectivity index (χ3n) is 4.15. The molecule has 10 heteroatoms. The second-order valence-electron chi connectivity index (χ2n) is 5.99. The summed E-state index contributed by atoms with van der Waals surface area (Å²) in [5.41, 5.74) is -2.17. The number of alkyl halides is 3. The summed E-state index contributed by atoms with van der Waals surface area (Å²) < 4.78 is 41.9. The average molecular weight is 437 g/mol. The third kappa shape index (κ3) is 3.53. The number of nitrogens with zero attached hydrogens (tertiary/aromatic N) is 1. The molecule has 1 amide bonds. The summed E-state index contributed by atoms with van der Waals surface area (Å²) in [6.45, 7) is 1.70. The van der Waals surface area contributed by atoms with Crippen LogP contribution in [0.15, 0.2) is 29.4 Å². The maximum Gasteiger partial charge on any atom is 0.435 e. The minimum absolute atomic E-state index is 0.0621. The highest BCUT2D eigenvalue weighted by Gasteiger charge is 2.62. The third-order valence-corrected chi connectivity index (χ3v) is 5.87. The maximum atomic E-state index is 14.0. The Morgan fingerprint density at radius 3 is 2.44 bits per heavy atom. The highest BCUT2D eigenvalue weighted by atomic mass is 35.5. The van der Waals surface area contributed by atoms with Gasteiger partial charge in [0.1, 0.15) is 5.71 Å². The molecular weight excluding hydrogens is 424 g/mol. The highest BCUT2D eigenvalue weighted by Crippen LogP contribution is 2.50. The first-order chi connectivity index (χ1) is 12.6. The van der Waals surface area contributed by atoms with Gasteiger partial charge in [-0.25, -0.2) is 0 Å². The highest BCUT2D eigenvalue weighted by molar-refractivity contribution is 7.16. The Bertz CT molecular complexity index is 922. The summed E-state index contributed by atoms with van der Waals surface area (Å²) in [5.74, 6) is -0.313. The number of benzene rings is 1. The molecule has 144 valence electrons. The summed E-state index contributed by atoms with van der Waals surface area (Å²) in [5, 5.41) is 6.31. The number of nitrogens with one attached hydrogen (secondary N) is 1. The van der Waals surface area contributed by atoms with Gasteiger partial charge in [-0.15, -0.1) is 11.3 Å². The van der Waals surface area contributed by atoms with E-state index < -0.39 is 18.2 Å². The van der Waals surface area contributed by atoms with Crippen molar-refractivity contribution in [2.75, 3.05) is 7.05 Å². The van der Waals surface area contributed by atoms with Gasteiger partial charge in [-0.3, -0.25) is 4.79 Å². The Kier molecular flexibility index (Phi) is 5.18. The van der Waals surface area contributed by atoms with E-state index in [0.717, 1.165) is 23.5 Å². The van der Waals surface area contributed by atoms with Crippen LogP contribution >= 0.6 is 34.5 Å². The molecule has 3 rings (SSSR count). The van der Waals surface area contributed by atoms with Crippen molar-refractivity contribution in [2.45, 2.75) is 25.1 Å². The van der Waals surface area contributed by atoms with Crippen molar-refractivity contribution in [1.82, 2.24) is 5.32 Å². The summed E-state index contributed by atoms with van der Waals surface area (Å²) in [6, 6.07) is 5.28. The van der Waals surface area contributed by atoms with Crippen LogP contribution in [0.1, 0.15) is 32.1 Å². The lowest BCUT2D eigenvalue weighted by Crippen LogP contribution is -2.42. The first-order valence-electron chi connectivity index (χ1n) is 7.68. The number of halogens is 5. The number of carbonyl (C=O) groups is 1. The van der Waals surface area contributed by atoms with Gasteiger partial charge in [0, 0.05) is 22.7 Å². The van der Waals surface area contributed by atoms with Crippen molar-refractivity contribution in [3.8, 4) is 0 Å². The van der Waals surface area contributed by atoms with Crippen molar-refractivity contribution >= 4 is 46.2 Å². The smallest absolute Gasteiger partial charge is 0.374 e. The van der Waals surface area contributed by atoms with Gasteiger partial charge in [-0.1, -0.05) is 28.4 Å². The largest absolute Gasteiger partial charge is 0.435 e. The number of amides is 1. The number of oxime groups is 1. The van der Waals surface area contributed by atoms with Crippen molar-refractivity contribution in [1.29, 1.82) is 0 Å². The minimum Gasteiger partial charge on any atom is -0.374 e. The fraction of sp³-hybridized carbons (Fsp3) is 0.294. The van der Waals surface area contributed by atoms with Crippen molar-refractivity contribution in [3.05, 3.63) is 55.2 Å². The van der Waals surface area contributed by atoms with Crippen molar-refractivity contribution in [3.63, 3.8) is 0 Å². The number of aryl methyl sites for hydroxylation is 1. The first kappa shape index (κ1) is 20.0. The van der Waals surface area contributed by atoms with Gasteiger partial charge < -0.3 is 10.2 Å². The molecule has 1 aliphatic heterocycles. The van der Waals surface area contributed by atoms with Gasteiger partial charge in [0.25, 0.3) is 11.5 Å². The Balaban J connectivity index is 2.02. The van der Waals surface area contributed by atoms with E-state index in [2.05, 4.69) is 10.5 Å². The number of hydrogen-bond donors (Lipinski definition) is 1. The predicted octanol–water partition coefficient (Wildman–Crippen LogP) is 5.31. The summed E-state index contributed by atoms with van der Waals surface area (Å²) in [7, 11) is 1.48. The van der Waals surface area contributed by atoms with E-state index in [1.807, 2.05) is 0 Å². The average Bonchev–Trinajstić information content (AvgIpc) is 3.17. The second-order valence-corrected chi connectivity index (χ2v) is 7.92. The fourth-order valence-corrected chi connectivity index (χ4v) is 4.41. The van der Waals surface area contributed by atoms with E-state index in [9.17, 15) is 18.0 Å². The predicted molar refractivity (Wildman–Crippen MR) is 98.9 cm³/mol. The zero-order valence-electron chi connectivity index (χ0n) is 14.1. The van der Waals surface area contributed by atoms with Gasteiger partial charge >= 0.3 is 6.18 Å². The molecule has 4 nitrogen and oxygen atoms in total. The molecule has 0 saturated carbocycles. The van der Waals surface area contributed by atoms with Crippen LogP contribution < -0.4 is 5.32 Å². The topological polar surface area (TPSA) is 50.7 Å². The molecule has 0 bridgehead atoms. The number of rotatable bonds is 3. The molecule has 0 aliphatic carbocycles. The fourth-order valence-electron chi connectivity index (χ4n) is 2.79. The van der Waals surface area contributed by atoms with E-state index in [0.29, 0.717) is 15.3 Å². The van der Waals surface area contributed by atoms with Crippen LogP contribution in [0, 0.1) is 6.92 Å². The van der Waals surface area contributed by atoms with Crippen molar-refractivity contribution < 1.29 is 22.8 Å². The molecular formula is C17H13Cl2F3N2O2S. The zero-order chi connectivity index (χ0) is 20.0. The van der Waals surface area contributed by atoms with Crippen LogP contribution in [0.3, 0.4) is 0 Å². The molecule has 0 fully saturated rings. The first-order valence-corrected chi connectivity index (χ1v) is 9.26. The second kappa shape index (κ2) is 7.00. The van der Waals surface area contributed by atoms with Gasteiger partial charge in [0.2, 0.25) is 0 Å². The van der Waals surface area contributed by atoms with Gasteiger partial charge in [-0.2, -0.15) is 13.2 Å². The molecule has 1 aromatic heterocycles. The Morgan fingerprint density at radius 1 is 1.26 bits per heavy atom. The Labute approximate surface area is 166 Å². The molecule has 27 heavy (non-hydrogen) atoms. The molecule has 0 radical (unpaired) electrons. The lowest BCUT2D eigenvalue weighted by atomic mass is 9.88. The molecule has 2 aromatic rings. The SMILES string of the molecule is CNC(=O)c1sc(C2=NOC(c3cc(Cl)cc(Cl)c3)(C(F)(F)F)C2)cc1C. The van der Waals surface area contributed by atoms with E-state index in [-0.39, 0.29) is 27.2 Å². The van der Waals surface area contributed by atoms with E-state index >= 15 is 0 Å². The molecule has 1 N–H and O–H groups in total. The summed E-state index contributed by atoms with van der Waals surface area (Å²) in [4.78, 5) is 17.7. The van der Waals surface area contributed by atoms with Crippen LogP contribution in [0.2, 0.25) is 10.0 Å². The molecule has 0 saturated heterocycles. The monoisotopic (exact) mass is 436 g/mol. The molecule has 1 atom stereocenters. The lowest BCUT2D eigenvalue weighted by molar-refractivity contribution is -0.275. The zero-order valence-corrected chi connectivity index (χ0v) is 16.4. The molecule has 1 aliphatic rings. The van der Waals surface area contributed by atoms with Gasteiger partial charge in [-0.05, 0) is 36.8 Å². The van der Waals surface area contributed by atoms with Crippen molar-refractivity contribution in [2.24, 2.45) is 5.16 Å². The van der Waals surface area contributed by atoms with Crippen LogP contribution in [0.5, 0.6) is 0 Å². The molecule has 1 unspecified atom stereocenters. The normalized spacial score (nSPS) is 19.6. The van der Waals surface area contributed by atoms with Crippen LogP contribution in [0.4, 0.5) is 13.2 Å². The molecule has 1 aromatic carbocycles. The Morgan fingerprint density at radius 2 is 1.89 bits per heavy atom. The summed E-state index contributed by atoms with van der Waals surface area (Å²) >= 11 is 12.8. The van der Waals surface area contributed by atoms with Crippen LogP contribution in [0.25, 0.3) is 0 Å². The standard InChI is InChI=1S/C17H13Cl2F3N2O2S/c1-8-3-13(27-14(8)15(25)23-2)12-7-16(26-24-12,17(20,21)22)9-4-10(18)6-11(19)5-9/h3-6H,7H2,1-2H3,(H,23,25). The Hall–Kier alpha value is -1.77. The maximum absolute atomic E-state index is 14.0. The number of hydrogen-bond acceptors (Lipinski definition) is 4. The van der Waals surface area contributed by atoms with Gasteiger partial charge in [0.15, 0.2) is 0 Å².